The van der Waals surface area contributed by atoms with E-state index < -0.39 is 11.5 Å². The third-order valence-corrected chi connectivity index (χ3v) is 4.53. The van der Waals surface area contributed by atoms with Crippen LogP contribution in [0.3, 0.4) is 0 Å². The molecule has 7 heteroatoms. The lowest BCUT2D eigenvalue weighted by Crippen LogP contribution is -2.34. The molecule has 3 aromatic heterocycles. The van der Waals surface area contributed by atoms with Crippen molar-refractivity contribution in [2.75, 3.05) is 0 Å². The molecule has 3 rings (SSSR count). The van der Waals surface area contributed by atoms with Gasteiger partial charge in [0.05, 0.1) is 6.54 Å². The summed E-state index contributed by atoms with van der Waals surface area (Å²) in [6.07, 6.45) is 3.41. The number of pyridine rings is 1. The summed E-state index contributed by atoms with van der Waals surface area (Å²) in [5, 5.41) is 4.71. The van der Waals surface area contributed by atoms with E-state index in [0.29, 0.717) is 24.3 Å². The lowest BCUT2D eigenvalue weighted by molar-refractivity contribution is 0.0944. The Morgan fingerprint density at radius 1 is 1.33 bits per heavy atom. The van der Waals surface area contributed by atoms with Crippen LogP contribution in [0.15, 0.2) is 40.6 Å². The number of rotatable bonds is 6. The molecule has 0 aliphatic heterocycles. The number of fused-ring (bicyclic) bond motifs is 1. The van der Waals surface area contributed by atoms with Gasteiger partial charge in [-0.15, -0.1) is 11.3 Å². The lowest BCUT2D eigenvalue weighted by Gasteiger charge is -2.11. The fourth-order valence-electron chi connectivity index (χ4n) is 2.41. The number of nitrogens with zero attached hydrogens (tertiary/aromatic N) is 3. The molecule has 0 unspecified atom stereocenters. The maximum Gasteiger partial charge on any atom is 0.283 e. The Hall–Kier alpha value is -2.54. The Morgan fingerprint density at radius 2 is 2.21 bits per heavy atom. The molecule has 0 atom stereocenters. The van der Waals surface area contributed by atoms with Crippen molar-refractivity contribution >= 4 is 28.4 Å². The van der Waals surface area contributed by atoms with E-state index >= 15 is 0 Å². The molecular weight excluding hydrogens is 324 g/mol. The Morgan fingerprint density at radius 3 is 2.96 bits per heavy atom. The highest BCUT2D eigenvalue weighted by molar-refractivity contribution is 7.09. The van der Waals surface area contributed by atoms with Crippen LogP contribution in [0, 0.1) is 0 Å². The van der Waals surface area contributed by atoms with Gasteiger partial charge in [0, 0.05) is 17.6 Å². The summed E-state index contributed by atoms with van der Waals surface area (Å²) in [4.78, 5) is 34.6. The van der Waals surface area contributed by atoms with E-state index in [1.807, 2.05) is 17.5 Å². The largest absolute Gasteiger partial charge is 0.346 e. The van der Waals surface area contributed by atoms with Gasteiger partial charge < -0.3 is 5.32 Å². The average molecular weight is 342 g/mol. The zero-order valence-electron chi connectivity index (χ0n) is 13.4. The normalized spacial score (nSPS) is 10.9. The monoisotopic (exact) mass is 342 g/mol. The van der Waals surface area contributed by atoms with Gasteiger partial charge in [0.25, 0.3) is 11.5 Å². The second kappa shape index (κ2) is 7.35. The zero-order chi connectivity index (χ0) is 16.9. The molecule has 0 aliphatic carbocycles. The number of unbranched alkanes of at least 4 members (excludes halogenated alkanes) is 1. The fourth-order valence-corrected chi connectivity index (χ4v) is 3.06. The van der Waals surface area contributed by atoms with Crippen LogP contribution in [-0.4, -0.2) is 20.4 Å². The van der Waals surface area contributed by atoms with Crippen molar-refractivity contribution in [2.45, 2.75) is 32.9 Å². The van der Waals surface area contributed by atoms with Crippen LogP contribution >= 0.6 is 11.3 Å². The van der Waals surface area contributed by atoms with Gasteiger partial charge >= 0.3 is 0 Å². The number of carbonyl (C=O) groups is 1. The molecule has 0 spiro atoms. The van der Waals surface area contributed by atoms with Gasteiger partial charge in [-0.05, 0) is 30.0 Å². The van der Waals surface area contributed by atoms with E-state index in [0.717, 1.165) is 17.7 Å². The minimum absolute atomic E-state index is 0.0804. The van der Waals surface area contributed by atoms with E-state index in [2.05, 4.69) is 22.2 Å². The molecule has 3 aromatic rings. The molecule has 0 fully saturated rings. The first-order valence-electron chi connectivity index (χ1n) is 7.87. The highest BCUT2D eigenvalue weighted by atomic mass is 32.1. The number of aryl methyl sites for hydroxylation is 1. The molecule has 24 heavy (non-hydrogen) atoms. The van der Waals surface area contributed by atoms with Gasteiger partial charge in [-0.3, -0.25) is 14.2 Å². The second-order valence-corrected chi connectivity index (χ2v) is 6.41. The predicted octanol–water partition coefficient (Wildman–Crippen LogP) is 2.58. The average Bonchev–Trinajstić information content (AvgIpc) is 3.12. The highest BCUT2D eigenvalue weighted by Crippen LogP contribution is 2.10. The van der Waals surface area contributed by atoms with Gasteiger partial charge in [-0.1, -0.05) is 19.4 Å². The molecule has 1 N–H and O–H groups in total. The lowest BCUT2D eigenvalue weighted by atomic mass is 10.3. The van der Waals surface area contributed by atoms with Crippen LogP contribution in [0.1, 0.15) is 35.1 Å². The molecule has 0 saturated heterocycles. The molecule has 0 radical (unpaired) electrons. The number of aromatic nitrogens is 3. The summed E-state index contributed by atoms with van der Waals surface area (Å²) < 4.78 is 1.55. The molecule has 1 amide bonds. The van der Waals surface area contributed by atoms with Gasteiger partial charge in [0.2, 0.25) is 0 Å². The van der Waals surface area contributed by atoms with E-state index in [9.17, 15) is 9.59 Å². The molecule has 6 nitrogen and oxygen atoms in total. The molecule has 3 heterocycles. The van der Waals surface area contributed by atoms with Gasteiger partial charge in [-0.25, -0.2) is 9.97 Å². The second-order valence-electron chi connectivity index (χ2n) is 5.38. The molecule has 0 aromatic carbocycles. The first kappa shape index (κ1) is 16.3. The highest BCUT2D eigenvalue weighted by Gasteiger charge is 2.17. The van der Waals surface area contributed by atoms with Crippen molar-refractivity contribution in [1.82, 2.24) is 19.9 Å². The number of hydrogen-bond acceptors (Lipinski definition) is 5. The summed E-state index contributed by atoms with van der Waals surface area (Å²) >= 11 is 1.55. The maximum absolute atomic E-state index is 12.7. The van der Waals surface area contributed by atoms with Crippen molar-refractivity contribution in [2.24, 2.45) is 0 Å². The summed E-state index contributed by atoms with van der Waals surface area (Å²) in [5.41, 5.74) is 0.599. The Bertz CT molecular complexity index is 903. The fraction of sp³-hybridized carbons (Fsp3) is 0.294. The molecule has 124 valence electrons. The summed E-state index contributed by atoms with van der Waals surface area (Å²) in [7, 11) is 0. The Kier molecular flexibility index (Phi) is 5.00. The number of thiophene rings is 1. The third-order valence-electron chi connectivity index (χ3n) is 3.66. The minimum atomic E-state index is -0.454. The molecule has 0 bridgehead atoms. The van der Waals surface area contributed by atoms with E-state index in [1.54, 1.807) is 34.2 Å². The quantitative estimate of drug-likeness (QED) is 0.747. The third kappa shape index (κ3) is 3.35. The minimum Gasteiger partial charge on any atom is -0.346 e. The van der Waals surface area contributed by atoms with Gasteiger partial charge in [0.1, 0.15) is 5.52 Å². The van der Waals surface area contributed by atoms with Crippen LogP contribution < -0.4 is 10.9 Å². The van der Waals surface area contributed by atoms with Crippen LogP contribution in [-0.2, 0) is 13.1 Å². The number of amides is 1. The van der Waals surface area contributed by atoms with E-state index in [4.69, 9.17) is 0 Å². The number of hydrogen-bond donors (Lipinski definition) is 1. The summed E-state index contributed by atoms with van der Waals surface area (Å²) in [5.74, 6) is -0.454. The molecular formula is C17H18N4O2S. The van der Waals surface area contributed by atoms with Crippen molar-refractivity contribution in [3.63, 3.8) is 0 Å². The summed E-state index contributed by atoms with van der Waals surface area (Å²) in [6.45, 7) is 2.96. The topological polar surface area (TPSA) is 76.9 Å². The van der Waals surface area contributed by atoms with Gasteiger partial charge in [0.15, 0.2) is 11.3 Å². The van der Waals surface area contributed by atoms with Crippen LogP contribution in [0.25, 0.3) is 11.2 Å². The first-order valence-corrected chi connectivity index (χ1v) is 8.75. The van der Waals surface area contributed by atoms with Crippen molar-refractivity contribution in [3.8, 4) is 0 Å². The van der Waals surface area contributed by atoms with Crippen LogP contribution in [0.4, 0.5) is 0 Å². The molecule has 0 saturated carbocycles. The van der Waals surface area contributed by atoms with Gasteiger partial charge in [-0.2, -0.15) is 0 Å². The number of carbonyl (C=O) groups excluding carboxylic acids is 1. The van der Waals surface area contributed by atoms with Crippen LogP contribution in [0.2, 0.25) is 0 Å². The first-order chi connectivity index (χ1) is 11.7. The molecule has 0 aliphatic rings. The Balaban J connectivity index is 1.96. The van der Waals surface area contributed by atoms with Crippen LogP contribution in [0.5, 0.6) is 0 Å². The number of nitrogens with one attached hydrogen (secondary N) is 1. The van der Waals surface area contributed by atoms with Crippen molar-refractivity contribution < 1.29 is 4.79 Å². The Labute approximate surface area is 143 Å². The summed E-state index contributed by atoms with van der Waals surface area (Å²) in [6, 6.07) is 7.36. The maximum atomic E-state index is 12.7. The van der Waals surface area contributed by atoms with E-state index in [1.165, 1.54) is 0 Å². The predicted molar refractivity (Wildman–Crippen MR) is 94.2 cm³/mol. The smallest absolute Gasteiger partial charge is 0.283 e. The van der Waals surface area contributed by atoms with E-state index in [-0.39, 0.29) is 5.69 Å². The van der Waals surface area contributed by atoms with Crippen molar-refractivity contribution in [1.29, 1.82) is 0 Å². The standard InChI is InChI=1S/C17H18N4O2S/c1-2-3-9-21-15-13(7-4-8-18-15)20-14(17(21)23)16(22)19-11-12-6-5-10-24-12/h4-8,10H,2-3,9,11H2,1H3,(H,19,22). The SMILES string of the molecule is CCCCn1c(=O)c(C(=O)NCc2cccs2)nc2cccnc21. The van der Waals surface area contributed by atoms with Crippen molar-refractivity contribution in [3.05, 3.63) is 56.8 Å². The zero-order valence-corrected chi connectivity index (χ0v) is 14.2.